The number of halogens is 4. The van der Waals surface area contributed by atoms with Gasteiger partial charge in [-0.3, -0.25) is 4.68 Å². The molecular weight excluding hydrogens is 389 g/mol. The van der Waals surface area contributed by atoms with Crippen molar-refractivity contribution in [2.24, 2.45) is 0 Å². The van der Waals surface area contributed by atoms with Crippen LogP contribution in [-0.2, 0) is 24.6 Å². The van der Waals surface area contributed by atoms with Crippen molar-refractivity contribution >= 4 is 11.6 Å². The summed E-state index contributed by atoms with van der Waals surface area (Å²) in [6.07, 6.45) is -1.01. The van der Waals surface area contributed by atoms with Gasteiger partial charge in [0.15, 0.2) is 0 Å². The van der Waals surface area contributed by atoms with E-state index in [1.807, 2.05) is 0 Å². The van der Waals surface area contributed by atoms with Crippen molar-refractivity contribution in [3.8, 4) is 6.07 Å². The monoisotopic (exact) mass is 404 g/mol. The van der Waals surface area contributed by atoms with Crippen LogP contribution in [0.4, 0.5) is 13.2 Å². The fourth-order valence-corrected chi connectivity index (χ4v) is 3.47. The summed E-state index contributed by atoms with van der Waals surface area (Å²) in [6.45, 7) is 0.187. The molecule has 0 radical (unpaired) electrons. The number of hydrogen-bond donors (Lipinski definition) is 0. The minimum atomic E-state index is -4.41. The number of alkyl halides is 3. The maximum atomic E-state index is 13.0. The molecule has 0 bridgehead atoms. The van der Waals surface area contributed by atoms with E-state index in [4.69, 9.17) is 11.6 Å². The second kappa shape index (κ2) is 8.03. The molecule has 3 aromatic rings. The van der Waals surface area contributed by atoms with Gasteiger partial charge in [0.05, 0.1) is 18.2 Å². The molecule has 0 aliphatic rings. The lowest BCUT2D eigenvalue weighted by molar-refractivity contribution is -0.137. The van der Waals surface area contributed by atoms with Crippen LogP contribution in [0.15, 0.2) is 61.2 Å². The molecule has 2 aromatic carbocycles. The van der Waals surface area contributed by atoms with E-state index in [9.17, 15) is 18.4 Å². The lowest BCUT2D eigenvalue weighted by Gasteiger charge is -2.28. The van der Waals surface area contributed by atoms with Crippen molar-refractivity contribution in [2.75, 3.05) is 0 Å². The Hall–Kier alpha value is -2.85. The number of nitrogens with zero attached hydrogens (tertiary/aromatic N) is 4. The fraction of sp³-hybridized carbons (Fsp3) is 0.250. The summed E-state index contributed by atoms with van der Waals surface area (Å²) in [5, 5.41) is 14.6. The van der Waals surface area contributed by atoms with Crippen molar-refractivity contribution in [1.82, 2.24) is 14.8 Å². The summed E-state index contributed by atoms with van der Waals surface area (Å²) >= 11 is 6.35. The molecule has 0 amide bonds. The first-order chi connectivity index (χ1) is 13.3. The third-order valence-electron chi connectivity index (χ3n) is 4.60. The first-order valence-electron chi connectivity index (χ1n) is 8.49. The third-order valence-corrected chi connectivity index (χ3v) is 4.93. The van der Waals surface area contributed by atoms with Crippen molar-refractivity contribution in [2.45, 2.75) is 31.0 Å². The lowest BCUT2D eigenvalue weighted by atomic mass is 9.77. The van der Waals surface area contributed by atoms with Crippen LogP contribution in [0.2, 0.25) is 5.02 Å². The van der Waals surface area contributed by atoms with E-state index in [1.165, 1.54) is 23.4 Å². The van der Waals surface area contributed by atoms with Crippen LogP contribution in [0.3, 0.4) is 0 Å². The summed E-state index contributed by atoms with van der Waals surface area (Å²) in [4.78, 5) is 3.90. The van der Waals surface area contributed by atoms with Crippen LogP contribution in [-0.4, -0.2) is 14.8 Å². The van der Waals surface area contributed by atoms with Gasteiger partial charge in [0, 0.05) is 5.02 Å². The predicted molar refractivity (Wildman–Crippen MR) is 98.5 cm³/mol. The first-order valence-corrected chi connectivity index (χ1v) is 8.87. The zero-order chi connectivity index (χ0) is 20.2. The Morgan fingerprint density at radius 1 is 1.11 bits per heavy atom. The minimum absolute atomic E-state index is 0.187. The van der Waals surface area contributed by atoms with Crippen LogP contribution >= 0.6 is 11.6 Å². The van der Waals surface area contributed by atoms with Gasteiger partial charge in [-0.1, -0.05) is 48.0 Å². The van der Waals surface area contributed by atoms with Crippen LogP contribution < -0.4 is 0 Å². The van der Waals surface area contributed by atoms with E-state index in [1.54, 1.807) is 30.3 Å². The topological polar surface area (TPSA) is 54.5 Å². The molecule has 0 saturated heterocycles. The first kappa shape index (κ1) is 19.9. The fourth-order valence-electron chi connectivity index (χ4n) is 3.15. The van der Waals surface area contributed by atoms with Crippen LogP contribution in [0.1, 0.15) is 23.1 Å². The van der Waals surface area contributed by atoms with Gasteiger partial charge >= 0.3 is 6.18 Å². The number of benzene rings is 2. The van der Waals surface area contributed by atoms with E-state index >= 15 is 0 Å². The van der Waals surface area contributed by atoms with Gasteiger partial charge in [-0.2, -0.15) is 23.5 Å². The maximum Gasteiger partial charge on any atom is 0.416 e. The Balaban J connectivity index is 1.94. The molecule has 0 aliphatic carbocycles. The molecule has 1 unspecified atom stereocenters. The Labute approximate surface area is 165 Å². The Morgan fingerprint density at radius 3 is 2.54 bits per heavy atom. The molecule has 0 spiro atoms. The zero-order valence-corrected chi connectivity index (χ0v) is 15.5. The van der Waals surface area contributed by atoms with Gasteiger partial charge in [-0.05, 0) is 36.1 Å². The highest BCUT2D eigenvalue weighted by Crippen LogP contribution is 2.36. The van der Waals surface area contributed by atoms with Gasteiger partial charge in [0.25, 0.3) is 0 Å². The predicted octanol–water partition coefficient (Wildman–Crippen LogP) is 5.04. The smallest absolute Gasteiger partial charge is 0.251 e. The van der Waals surface area contributed by atoms with Gasteiger partial charge < -0.3 is 0 Å². The molecule has 0 aliphatic heterocycles. The largest absolute Gasteiger partial charge is 0.416 e. The number of rotatable bonds is 6. The second-order valence-corrected chi connectivity index (χ2v) is 6.87. The van der Waals surface area contributed by atoms with Gasteiger partial charge in [-0.25, -0.2) is 4.98 Å². The highest BCUT2D eigenvalue weighted by molar-refractivity contribution is 6.31. The minimum Gasteiger partial charge on any atom is -0.251 e. The standard InChI is InChI=1S/C20H16ClF3N4/c21-18-7-2-1-6-17(18)19(11-25,12-28-14-26-13-27-28)9-8-15-4-3-5-16(10-15)20(22,23)24/h1-7,10,13-14H,8-9,12H2. The van der Waals surface area contributed by atoms with Gasteiger partial charge in [0.2, 0.25) is 0 Å². The highest BCUT2D eigenvalue weighted by atomic mass is 35.5. The summed E-state index contributed by atoms with van der Waals surface area (Å²) in [7, 11) is 0. The Bertz CT molecular complexity index is 980. The molecule has 0 saturated carbocycles. The molecule has 28 heavy (non-hydrogen) atoms. The third kappa shape index (κ3) is 4.34. The number of nitriles is 1. The van der Waals surface area contributed by atoms with E-state index in [0.717, 1.165) is 12.1 Å². The second-order valence-electron chi connectivity index (χ2n) is 6.46. The van der Waals surface area contributed by atoms with E-state index in [0.29, 0.717) is 16.1 Å². The molecule has 4 nitrogen and oxygen atoms in total. The van der Waals surface area contributed by atoms with Crippen molar-refractivity contribution in [3.63, 3.8) is 0 Å². The molecular formula is C20H16ClF3N4. The van der Waals surface area contributed by atoms with E-state index in [-0.39, 0.29) is 19.4 Å². The average molecular weight is 405 g/mol. The lowest BCUT2D eigenvalue weighted by Crippen LogP contribution is -2.31. The molecule has 0 N–H and O–H groups in total. The molecule has 8 heteroatoms. The molecule has 1 heterocycles. The number of aryl methyl sites for hydroxylation is 1. The maximum absolute atomic E-state index is 13.0. The number of hydrogen-bond acceptors (Lipinski definition) is 3. The van der Waals surface area contributed by atoms with Crippen molar-refractivity contribution < 1.29 is 13.2 Å². The Kier molecular flexibility index (Phi) is 5.71. The molecule has 1 aromatic heterocycles. The van der Waals surface area contributed by atoms with E-state index in [2.05, 4.69) is 16.2 Å². The van der Waals surface area contributed by atoms with Gasteiger partial charge in [-0.15, -0.1) is 0 Å². The summed E-state index contributed by atoms with van der Waals surface area (Å²) < 4.78 is 40.5. The van der Waals surface area contributed by atoms with Crippen LogP contribution in [0.25, 0.3) is 0 Å². The SMILES string of the molecule is N#CC(CCc1cccc(C(F)(F)F)c1)(Cn1cncn1)c1ccccc1Cl. The molecule has 144 valence electrons. The molecule has 0 fully saturated rings. The van der Waals surface area contributed by atoms with Gasteiger partial charge in [0.1, 0.15) is 18.1 Å². The van der Waals surface area contributed by atoms with Crippen molar-refractivity contribution in [1.29, 1.82) is 5.26 Å². The summed E-state index contributed by atoms with van der Waals surface area (Å²) in [6, 6.07) is 14.5. The molecule has 3 rings (SSSR count). The summed E-state index contributed by atoms with van der Waals surface area (Å²) in [5.74, 6) is 0. The van der Waals surface area contributed by atoms with Crippen molar-refractivity contribution in [3.05, 3.63) is 82.9 Å². The summed E-state index contributed by atoms with van der Waals surface area (Å²) in [5.41, 5.74) is -0.663. The van der Waals surface area contributed by atoms with Crippen LogP contribution in [0.5, 0.6) is 0 Å². The molecule has 1 atom stereocenters. The highest BCUT2D eigenvalue weighted by Gasteiger charge is 2.35. The van der Waals surface area contributed by atoms with E-state index < -0.39 is 17.2 Å². The van der Waals surface area contributed by atoms with Crippen LogP contribution in [0, 0.1) is 11.3 Å². The average Bonchev–Trinajstić information content (AvgIpc) is 3.18. The quantitative estimate of drug-likeness (QED) is 0.578. The zero-order valence-electron chi connectivity index (χ0n) is 14.7. The normalized spacial score (nSPS) is 13.7. The Morgan fingerprint density at radius 2 is 1.89 bits per heavy atom. The number of aromatic nitrogens is 3.